The number of halogens is 5. The van der Waals surface area contributed by atoms with Gasteiger partial charge in [-0.15, -0.1) is 0 Å². The molecule has 0 bridgehead atoms. The van der Waals surface area contributed by atoms with Crippen molar-refractivity contribution in [3.63, 3.8) is 0 Å². The van der Waals surface area contributed by atoms with E-state index in [2.05, 4.69) is 53.1 Å². The van der Waals surface area contributed by atoms with Gasteiger partial charge < -0.3 is 5.32 Å². The van der Waals surface area contributed by atoms with Gasteiger partial charge in [0.15, 0.2) is 0 Å². The van der Waals surface area contributed by atoms with E-state index in [0.717, 1.165) is 14.6 Å². The number of anilines is 1. The van der Waals surface area contributed by atoms with E-state index in [1.165, 1.54) is 12.1 Å². The van der Waals surface area contributed by atoms with Gasteiger partial charge in [0.2, 0.25) is 0 Å². The molecule has 2 aromatic rings. The van der Waals surface area contributed by atoms with Crippen molar-refractivity contribution in [3.8, 4) is 0 Å². The van der Waals surface area contributed by atoms with Crippen LogP contribution < -0.4 is 5.32 Å². The first-order chi connectivity index (χ1) is 8.99. The molecular formula is C13H8Br3F2N. The summed E-state index contributed by atoms with van der Waals surface area (Å²) in [4.78, 5) is 0. The van der Waals surface area contributed by atoms with Crippen LogP contribution in [0.2, 0.25) is 0 Å². The fourth-order valence-electron chi connectivity index (χ4n) is 1.55. The van der Waals surface area contributed by atoms with E-state index in [4.69, 9.17) is 0 Å². The average molecular weight is 456 g/mol. The van der Waals surface area contributed by atoms with Gasteiger partial charge in [-0.25, -0.2) is 8.78 Å². The molecule has 0 atom stereocenters. The molecule has 6 heteroatoms. The van der Waals surface area contributed by atoms with Crippen molar-refractivity contribution in [3.05, 3.63) is 60.9 Å². The van der Waals surface area contributed by atoms with Crippen LogP contribution in [0.4, 0.5) is 14.5 Å². The zero-order chi connectivity index (χ0) is 14.0. The maximum absolute atomic E-state index is 13.8. The SMILES string of the molecule is Fc1ccc(Br)c(F)c1CNc1cc(Br)ccc1Br. The first kappa shape index (κ1) is 14.9. The molecule has 0 aromatic heterocycles. The Morgan fingerprint density at radius 3 is 2.37 bits per heavy atom. The highest BCUT2D eigenvalue weighted by molar-refractivity contribution is 9.11. The molecule has 0 spiro atoms. The fourth-order valence-corrected chi connectivity index (χ4v) is 2.67. The molecule has 100 valence electrons. The van der Waals surface area contributed by atoms with Crippen molar-refractivity contribution in [1.29, 1.82) is 0 Å². The van der Waals surface area contributed by atoms with Crippen molar-refractivity contribution in [2.75, 3.05) is 5.32 Å². The third-order valence-electron chi connectivity index (χ3n) is 2.52. The Labute approximate surface area is 134 Å². The highest BCUT2D eigenvalue weighted by Crippen LogP contribution is 2.28. The monoisotopic (exact) mass is 453 g/mol. The smallest absolute Gasteiger partial charge is 0.145 e. The first-order valence-corrected chi connectivity index (χ1v) is 7.68. The minimum atomic E-state index is -0.585. The molecule has 0 saturated heterocycles. The summed E-state index contributed by atoms with van der Waals surface area (Å²) in [5.41, 5.74) is 0.759. The predicted octanol–water partition coefficient (Wildman–Crippen LogP) is 5.86. The zero-order valence-corrected chi connectivity index (χ0v) is 14.2. The zero-order valence-electron chi connectivity index (χ0n) is 9.48. The van der Waals surface area contributed by atoms with E-state index < -0.39 is 11.6 Å². The van der Waals surface area contributed by atoms with Gasteiger partial charge in [-0.1, -0.05) is 15.9 Å². The van der Waals surface area contributed by atoms with E-state index in [1.54, 1.807) is 0 Å². The van der Waals surface area contributed by atoms with Crippen molar-refractivity contribution in [1.82, 2.24) is 0 Å². The van der Waals surface area contributed by atoms with E-state index in [1.807, 2.05) is 18.2 Å². The predicted molar refractivity (Wildman–Crippen MR) is 83.2 cm³/mol. The summed E-state index contributed by atoms with van der Waals surface area (Å²) in [7, 11) is 0. The van der Waals surface area contributed by atoms with E-state index in [0.29, 0.717) is 0 Å². The van der Waals surface area contributed by atoms with Crippen molar-refractivity contribution in [2.24, 2.45) is 0 Å². The second-order valence-corrected chi connectivity index (χ2v) is 6.42. The topological polar surface area (TPSA) is 12.0 Å². The summed E-state index contributed by atoms with van der Waals surface area (Å²) >= 11 is 9.77. The lowest BCUT2D eigenvalue weighted by atomic mass is 10.2. The number of rotatable bonds is 3. The summed E-state index contributed by atoms with van der Waals surface area (Å²) in [5, 5.41) is 3.00. The second kappa shape index (κ2) is 6.33. The summed E-state index contributed by atoms with van der Waals surface area (Å²) < 4.78 is 29.3. The van der Waals surface area contributed by atoms with Gasteiger partial charge in [-0.05, 0) is 62.2 Å². The Morgan fingerprint density at radius 2 is 1.63 bits per heavy atom. The molecule has 0 amide bonds. The average Bonchev–Trinajstić information content (AvgIpc) is 2.38. The van der Waals surface area contributed by atoms with Gasteiger partial charge in [-0.2, -0.15) is 0 Å². The molecule has 2 aromatic carbocycles. The molecule has 0 aliphatic carbocycles. The van der Waals surface area contributed by atoms with E-state index in [-0.39, 0.29) is 16.6 Å². The maximum atomic E-state index is 13.8. The Hall–Kier alpha value is -0.460. The molecule has 0 unspecified atom stereocenters. The molecule has 0 aliphatic heterocycles. The molecule has 1 nitrogen and oxygen atoms in total. The first-order valence-electron chi connectivity index (χ1n) is 5.30. The van der Waals surface area contributed by atoms with Gasteiger partial charge in [0.1, 0.15) is 11.6 Å². The van der Waals surface area contributed by atoms with Gasteiger partial charge in [0, 0.05) is 26.7 Å². The number of hydrogen-bond acceptors (Lipinski definition) is 1. The highest BCUT2D eigenvalue weighted by atomic mass is 79.9. The summed E-state index contributed by atoms with van der Waals surface area (Å²) in [6, 6.07) is 8.14. The lowest BCUT2D eigenvalue weighted by molar-refractivity contribution is 0.555. The Bertz CT molecular complexity index is 617. The highest BCUT2D eigenvalue weighted by Gasteiger charge is 2.12. The largest absolute Gasteiger partial charge is 0.380 e. The number of hydrogen-bond donors (Lipinski definition) is 1. The molecule has 0 fully saturated rings. The van der Waals surface area contributed by atoms with Crippen LogP contribution in [-0.4, -0.2) is 0 Å². The maximum Gasteiger partial charge on any atom is 0.145 e. The van der Waals surface area contributed by atoms with E-state index >= 15 is 0 Å². The minimum absolute atomic E-state index is 0.00116. The Balaban J connectivity index is 2.24. The Kier molecular flexibility index (Phi) is 4.97. The lowest BCUT2D eigenvalue weighted by Gasteiger charge is -2.11. The quantitative estimate of drug-likeness (QED) is 0.571. The van der Waals surface area contributed by atoms with Crippen LogP contribution in [0.25, 0.3) is 0 Å². The van der Waals surface area contributed by atoms with Crippen molar-refractivity contribution in [2.45, 2.75) is 6.54 Å². The second-order valence-electron chi connectivity index (χ2n) is 3.80. The third kappa shape index (κ3) is 3.55. The normalized spacial score (nSPS) is 10.6. The number of benzene rings is 2. The molecular weight excluding hydrogens is 448 g/mol. The fraction of sp³-hybridized carbons (Fsp3) is 0.0769. The number of nitrogens with one attached hydrogen (secondary N) is 1. The van der Waals surface area contributed by atoms with Gasteiger partial charge in [0.25, 0.3) is 0 Å². The third-order valence-corrected chi connectivity index (χ3v) is 4.32. The van der Waals surface area contributed by atoms with Crippen molar-refractivity contribution < 1.29 is 8.78 Å². The van der Waals surface area contributed by atoms with Gasteiger partial charge in [0.05, 0.1) is 4.47 Å². The van der Waals surface area contributed by atoms with Crippen LogP contribution in [-0.2, 0) is 6.54 Å². The van der Waals surface area contributed by atoms with Crippen LogP contribution in [0.3, 0.4) is 0 Å². The Morgan fingerprint density at radius 1 is 0.947 bits per heavy atom. The molecule has 2 rings (SSSR count). The molecule has 0 saturated carbocycles. The van der Waals surface area contributed by atoms with Gasteiger partial charge >= 0.3 is 0 Å². The molecule has 0 radical (unpaired) electrons. The van der Waals surface area contributed by atoms with Crippen LogP contribution >= 0.6 is 47.8 Å². The van der Waals surface area contributed by atoms with E-state index in [9.17, 15) is 8.78 Å². The summed E-state index contributed by atoms with van der Waals surface area (Å²) in [6.45, 7) is 0.0617. The van der Waals surface area contributed by atoms with Crippen LogP contribution in [0, 0.1) is 11.6 Å². The van der Waals surface area contributed by atoms with Gasteiger partial charge in [-0.3, -0.25) is 0 Å². The minimum Gasteiger partial charge on any atom is -0.380 e. The standard InChI is InChI=1S/C13H8Br3F2N/c14-7-1-2-9(15)12(5-7)19-6-8-11(17)4-3-10(16)13(8)18/h1-5,19H,6H2. The summed E-state index contributed by atoms with van der Waals surface area (Å²) in [6.07, 6.45) is 0. The molecule has 0 aliphatic rings. The molecule has 19 heavy (non-hydrogen) atoms. The van der Waals surface area contributed by atoms with Crippen LogP contribution in [0.1, 0.15) is 5.56 Å². The molecule has 1 N–H and O–H groups in total. The molecule has 0 heterocycles. The van der Waals surface area contributed by atoms with Crippen LogP contribution in [0.5, 0.6) is 0 Å². The van der Waals surface area contributed by atoms with Crippen LogP contribution in [0.15, 0.2) is 43.7 Å². The van der Waals surface area contributed by atoms with Crippen molar-refractivity contribution >= 4 is 53.5 Å². The lowest BCUT2D eigenvalue weighted by Crippen LogP contribution is -2.05. The summed E-state index contributed by atoms with van der Waals surface area (Å²) in [5.74, 6) is -1.15.